The second-order valence-corrected chi connectivity index (χ2v) is 8.13. The maximum Gasteiger partial charge on any atom is 0.00446 e. The Morgan fingerprint density at radius 2 is 1.20 bits per heavy atom. The molecule has 1 nitrogen and oxygen atoms in total. The molecule has 3 atom stereocenters. The van der Waals surface area contributed by atoms with Crippen LogP contribution in [0.3, 0.4) is 0 Å². The van der Waals surface area contributed by atoms with Gasteiger partial charge in [0.1, 0.15) is 0 Å². The minimum absolute atomic E-state index is 0.738. The van der Waals surface area contributed by atoms with Crippen molar-refractivity contribution in [2.75, 3.05) is 19.6 Å². The van der Waals surface area contributed by atoms with E-state index in [4.69, 9.17) is 0 Å². The van der Waals surface area contributed by atoms with Crippen molar-refractivity contribution in [1.82, 2.24) is 4.90 Å². The molecule has 0 spiro atoms. The Morgan fingerprint density at radius 1 is 0.680 bits per heavy atom. The van der Waals surface area contributed by atoms with Crippen LogP contribution < -0.4 is 0 Å². The first-order valence-electron chi connectivity index (χ1n) is 11.5. The number of nitrogens with zero attached hydrogens (tertiary/aromatic N) is 1. The first kappa shape index (κ1) is 24.7. The van der Waals surface area contributed by atoms with Gasteiger partial charge in [-0.25, -0.2) is 0 Å². The van der Waals surface area contributed by atoms with E-state index in [1.807, 2.05) is 0 Å². The molecule has 3 unspecified atom stereocenters. The predicted molar refractivity (Wildman–Crippen MR) is 116 cm³/mol. The highest BCUT2D eigenvalue weighted by Gasteiger charge is 2.19. The average Bonchev–Trinajstić information content (AvgIpc) is 2.62. The fourth-order valence-corrected chi connectivity index (χ4v) is 4.01. The molecular weight excluding hydrogens is 302 g/mol. The van der Waals surface area contributed by atoms with E-state index >= 15 is 0 Å². The van der Waals surface area contributed by atoms with Crippen LogP contribution in [0, 0.1) is 17.8 Å². The molecule has 25 heavy (non-hydrogen) atoms. The number of hydrogen-bond donors (Lipinski definition) is 0. The van der Waals surface area contributed by atoms with Crippen LogP contribution in [0.2, 0.25) is 0 Å². The zero-order valence-corrected chi connectivity index (χ0v) is 18.5. The van der Waals surface area contributed by atoms with Crippen LogP contribution in [0.25, 0.3) is 0 Å². The molecule has 0 fully saturated rings. The van der Waals surface area contributed by atoms with Crippen LogP contribution in [0.15, 0.2) is 12.2 Å². The Hall–Kier alpha value is -0.300. The molecule has 0 amide bonds. The zero-order chi connectivity index (χ0) is 18.9. The normalized spacial score (nSPS) is 15.8. The first-order valence-corrected chi connectivity index (χ1v) is 11.5. The highest BCUT2D eigenvalue weighted by Crippen LogP contribution is 2.21. The van der Waals surface area contributed by atoms with E-state index < -0.39 is 0 Å². The monoisotopic (exact) mass is 351 g/mol. The average molecular weight is 352 g/mol. The predicted octanol–water partition coefficient (Wildman–Crippen LogP) is 7.71. The van der Waals surface area contributed by atoms with Gasteiger partial charge in [0.25, 0.3) is 0 Å². The second-order valence-electron chi connectivity index (χ2n) is 8.13. The number of hydrogen-bond acceptors (Lipinski definition) is 1. The van der Waals surface area contributed by atoms with E-state index in [1.54, 1.807) is 0 Å². The summed E-state index contributed by atoms with van der Waals surface area (Å²) in [6, 6.07) is 0. The van der Waals surface area contributed by atoms with Crippen molar-refractivity contribution in [3.63, 3.8) is 0 Å². The van der Waals surface area contributed by atoms with Crippen LogP contribution in [-0.4, -0.2) is 24.5 Å². The van der Waals surface area contributed by atoms with Crippen molar-refractivity contribution in [3.8, 4) is 0 Å². The van der Waals surface area contributed by atoms with Crippen LogP contribution in [0.4, 0.5) is 0 Å². The molecule has 0 aromatic rings. The van der Waals surface area contributed by atoms with Crippen LogP contribution >= 0.6 is 0 Å². The van der Waals surface area contributed by atoms with Crippen LogP contribution in [-0.2, 0) is 0 Å². The minimum atomic E-state index is 0.738. The molecule has 0 heterocycles. The van der Waals surface area contributed by atoms with Crippen molar-refractivity contribution >= 4 is 0 Å². The Kier molecular flexibility index (Phi) is 16.9. The lowest BCUT2D eigenvalue weighted by atomic mass is 9.94. The minimum Gasteiger partial charge on any atom is -0.302 e. The number of rotatable bonds is 17. The second kappa shape index (κ2) is 17.1. The van der Waals surface area contributed by atoms with Crippen molar-refractivity contribution < 1.29 is 0 Å². The summed E-state index contributed by atoms with van der Waals surface area (Å²) < 4.78 is 0. The molecule has 0 bridgehead atoms. The third-order valence-electron chi connectivity index (χ3n) is 5.74. The molecule has 0 rings (SSSR count). The molecule has 0 saturated carbocycles. The lowest BCUT2D eigenvalue weighted by Gasteiger charge is -2.32. The van der Waals surface area contributed by atoms with E-state index in [0.29, 0.717) is 0 Å². The number of allylic oxidation sites excluding steroid dienone is 1. The molecule has 0 radical (unpaired) electrons. The molecule has 0 aliphatic rings. The molecule has 0 aromatic heterocycles. The summed E-state index contributed by atoms with van der Waals surface area (Å²) >= 11 is 0. The van der Waals surface area contributed by atoms with Gasteiger partial charge in [-0.2, -0.15) is 0 Å². The molecule has 0 aromatic carbocycles. The van der Waals surface area contributed by atoms with Gasteiger partial charge in [0.05, 0.1) is 0 Å². The fourth-order valence-electron chi connectivity index (χ4n) is 4.01. The van der Waals surface area contributed by atoms with Crippen molar-refractivity contribution in [3.05, 3.63) is 12.2 Å². The van der Waals surface area contributed by atoms with Gasteiger partial charge in [0.2, 0.25) is 0 Å². The summed E-state index contributed by atoms with van der Waals surface area (Å²) in [5.74, 6) is 2.51. The summed E-state index contributed by atoms with van der Waals surface area (Å²) in [5.41, 5.74) is 0. The van der Waals surface area contributed by atoms with E-state index in [9.17, 15) is 0 Å². The summed E-state index contributed by atoms with van der Waals surface area (Å²) in [4.78, 5) is 2.84. The first-order chi connectivity index (χ1) is 12.1. The number of unbranched alkanes of at least 4 members (excludes halogenated alkanes) is 2. The standard InChI is InChI=1S/C24H49N/c1-7-13-17-22(11-5)19-25(20-23(12-6)18-14-8-2)21-24(15-9-3)16-10-4/h9,15,22-24H,7-8,10-14,16-21H2,1-6H3/b15-9-. The fraction of sp³-hybridized carbons (Fsp3) is 0.917. The summed E-state index contributed by atoms with van der Waals surface area (Å²) in [6.07, 6.45) is 18.3. The molecular formula is C24H49N. The van der Waals surface area contributed by atoms with Gasteiger partial charge in [-0.3, -0.25) is 0 Å². The van der Waals surface area contributed by atoms with Gasteiger partial charge in [-0.15, -0.1) is 0 Å². The maximum absolute atomic E-state index is 2.84. The SMILES string of the molecule is C/C=C\C(CCC)CN(CC(CC)CCCC)CC(CC)CCCC. The summed E-state index contributed by atoms with van der Waals surface area (Å²) in [5, 5.41) is 0. The highest BCUT2D eigenvalue weighted by atomic mass is 15.1. The molecule has 0 saturated heterocycles. The Labute approximate surface area is 160 Å². The van der Waals surface area contributed by atoms with E-state index in [0.717, 1.165) is 17.8 Å². The Morgan fingerprint density at radius 3 is 1.56 bits per heavy atom. The maximum atomic E-state index is 2.84. The van der Waals surface area contributed by atoms with Gasteiger partial charge in [-0.05, 0) is 43.9 Å². The van der Waals surface area contributed by atoms with E-state index in [2.05, 4.69) is 58.6 Å². The molecule has 0 aliphatic heterocycles. The van der Waals surface area contributed by atoms with Crippen LogP contribution in [0.5, 0.6) is 0 Å². The Bertz CT molecular complexity index is 278. The molecule has 150 valence electrons. The van der Waals surface area contributed by atoms with Crippen molar-refractivity contribution in [1.29, 1.82) is 0 Å². The van der Waals surface area contributed by atoms with Gasteiger partial charge in [0.15, 0.2) is 0 Å². The smallest absolute Gasteiger partial charge is 0.00446 e. The zero-order valence-electron chi connectivity index (χ0n) is 18.5. The van der Waals surface area contributed by atoms with Crippen LogP contribution in [0.1, 0.15) is 106 Å². The van der Waals surface area contributed by atoms with Gasteiger partial charge in [0, 0.05) is 19.6 Å². The van der Waals surface area contributed by atoms with Gasteiger partial charge < -0.3 is 4.90 Å². The van der Waals surface area contributed by atoms with Crippen molar-refractivity contribution in [2.24, 2.45) is 17.8 Å². The Balaban J connectivity index is 4.91. The third-order valence-corrected chi connectivity index (χ3v) is 5.74. The summed E-state index contributed by atoms with van der Waals surface area (Å²) in [6.45, 7) is 17.8. The summed E-state index contributed by atoms with van der Waals surface area (Å²) in [7, 11) is 0. The highest BCUT2D eigenvalue weighted by molar-refractivity contribution is 4.88. The van der Waals surface area contributed by atoms with Crippen molar-refractivity contribution in [2.45, 2.75) is 106 Å². The topological polar surface area (TPSA) is 3.24 Å². The molecule has 1 heteroatoms. The third kappa shape index (κ3) is 12.7. The lowest BCUT2D eigenvalue weighted by molar-refractivity contribution is 0.164. The van der Waals surface area contributed by atoms with Gasteiger partial charge >= 0.3 is 0 Å². The molecule has 0 N–H and O–H groups in total. The largest absolute Gasteiger partial charge is 0.302 e. The lowest BCUT2D eigenvalue weighted by Crippen LogP contribution is -2.37. The van der Waals surface area contributed by atoms with E-state index in [-0.39, 0.29) is 0 Å². The van der Waals surface area contributed by atoms with E-state index in [1.165, 1.54) is 83.8 Å². The quantitative estimate of drug-likeness (QED) is 0.242. The molecule has 0 aliphatic carbocycles. The van der Waals surface area contributed by atoms with Gasteiger partial charge in [-0.1, -0.05) is 91.7 Å².